The minimum Gasteiger partial charge on any atom is -0.629 e. The molecule has 0 unspecified atom stereocenters. The minimum absolute atomic E-state index is 0. The summed E-state index contributed by atoms with van der Waals surface area (Å²) in [5.41, 5.74) is 12.4. The number of aliphatic hydroxyl groups excluding tert-OH is 1. The van der Waals surface area contributed by atoms with Crippen molar-refractivity contribution >= 4 is 35.0 Å². The number of nitrogens with zero attached hydrogens (tertiary/aromatic N) is 5. The summed E-state index contributed by atoms with van der Waals surface area (Å²) in [6, 6.07) is 4.76. The number of benzene rings is 1. The quantitative estimate of drug-likeness (QED) is 0.593. The number of aliphatic imine (C=N–C) groups is 4. The third kappa shape index (κ3) is 5.33. The summed E-state index contributed by atoms with van der Waals surface area (Å²) in [5, 5.41) is 22.0. The van der Waals surface area contributed by atoms with Gasteiger partial charge in [-0.3, -0.25) is 9.98 Å². The predicted molar refractivity (Wildman–Crippen MR) is 157 cm³/mol. The van der Waals surface area contributed by atoms with Crippen molar-refractivity contribution in [2.45, 2.75) is 60.8 Å². The largest absolute Gasteiger partial charge is 1.00 e. The van der Waals surface area contributed by atoms with Gasteiger partial charge in [0.05, 0.1) is 63.6 Å². The molecule has 1 aromatic rings. The van der Waals surface area contributed by atoms with Gasteiger partial charge in [-0.25, -0.2) is 15.0 Å². The van der Waals surface area contributed by atoms with Crippen LogP contribution in [0.15, 0.2) is 112 Å². The summed E-state index contributed by atoms with van der Waals surface area (Å²) in [6.45, 7) is 12.6. The van der Waals surface area contributed by atoms with Crippen molar-refractivity contribution in [3.8, 4) is 0 Å². The molecule has 4 heterocycles. The Morgan fingerprint density at radius 1 is 0.750 bits per heavy atom. The Hall–Kier alpha value is -3.39. The van der Waals surface area contributed by atoms with E-state index >= 15 is 0 Å². The standard InChI is InChI=1S/C32H33N5O2.Na/c1-7-21-17(4)25-13-26-22(8-2)18(5)30(36-26)15-33-24-11-10-20(32(38)39)12-29(24)34-16-31-19(6)23(9-3)28(37-31)14-27(21)35-25;/h10-16,38-39H,7-9H2,1-6H3;/q;+1/p-1. The van der Waals surface area contributed by atoms with Gasteiger partial charge < -0.3 is 10.2 Å². The molecule has 1 aromatic carbocycles. The van der Waals surface area contributed by atoms with E-state index in [9.17, 15) is 10.2 Å². The molecule has 0 radical (unpaired) electrons. The Morgan fingerprint density at radius 3 is 1.95 bits per heavy atom. The average molecular weight is 542 g/mol. The van der Waals surface area contributed by atoms with Gasteiger partial charge in [-0.15, -0.1) is 0 Å². The van der Waals surface area contributed by atoms with E-state index in [1.165, 1.54) is 5.57 Å². The zero-order valence-corrected chi connectivity index (χ0v) is 26.3. The van der Waals surface area contributed by atoms with E-state index in [4.69, 9.17) is 20.0 Å². The summed E-state index contributed by atoms with van der Waals surface area (Å²) in [5.74, 6) is -1.02. The molecule has 1 N–H and O–H groups in total. The fourth-order valence-electron chi connectivity index (χ4n) is 5.36. The van der Waals surface area contributed by atoms with E-state index in [2.05, 4.69) is 51.8 Å². The monoisotopic (exact) mass is 541 g/mol. The van der Waals surface area contributed by atoms with Gasteiger partial charge in [0.25, 0.3) is 0 Å². The van der Waals surface area contributed by atoms with E-state index in [-0.39, 0.29) is 34.8 Å². The van der Waals surface area contributed by atoms with Crippen molar-refractivity contribution in [3.63, 3.8) is 0 Å². The van der Waals surface area contributed by atoms with E-state index in [0.717, 1.165) is 81.4 Å². The number of rotatable bonds is 3. The van der Waals surface area contributed by atoms with Crippen LogP contribution < -0.4 is 45.2 Å². The molecule has 0 atom stereocenters. The van der Waals surface area contributed by atoms with Gasteiger partial charge in [0.2, 0.25) is 0 Å². The maximum atomic E-state index is 11.7. The van der Waals surface area contributed by atoms with Gasteiger partial charge in [0.15, 0.2) is 0 Å². The van der Waals surface area contributed by atoms with Crippen molar-refractivity contribution in [2.75, 3.05) is 0 Å². The van der Waals surface area contributed by atoms with E-state index in [0.29, 0.717) is 11.0 Å². The van der Waals surface area contributed by atoms with Crippen LogP contribution in [-0.2, 0) is 0 Å². The van der Waals surface area contributed by atoms with Crippen molar-refractivity contribution in [3.05, 3.63) is 97.7 Å². The molecule has 4 aliphatic rings. The van der Waals surface area contributed by atoms with Crippen LogP contribution in [-0.4, -0.2) is 28.5 Å². The average Bonchev–Trinajstić information content (AvgIpc) is 3.50. The number of hydrogen-bond acceptors (Lipinski definition) is 7. The molecule has 0 saturated carbocycles. The topological polar surface area (TPSA) is 105 Å². The molecule has 0 aliphatic carbocycles. The number of allylic oxidation sites excluding steroid dienone is 8. The van der Waals surface area contributed by atoms with Gasteiger partial charge >= 0.3 is 29.6 Å². The van der Waals surface area contributed by atoms with Crippen LogP contribution in [0.25, 0.3) is 5.95 Å². The van der Waals surface area contributed by atoms with Gasteiger partial charge in [-0.05, 0) is 103 Å². The molecule has 7 nitrogen and oxygen atoms in total. The second-order valence-electron chi connectivity index (χ2n) is 9.83. The number of aliphatic hydroxyl groups is 1. The number of hydrogen-bond donors (Lipinski definition) is 1. The van der Waals surface area contributed by atoms with Crippen molar-refractivity contribution in [2.24, 2.45) is 25.0 Å². The molecular formula is C32H32N5NaO2. The van der Waals surface area contributed by atoms with Gasteiger partial charge in [0, 0.05) is 0 Å². The summed E-state index contributed by atoms with van der Waals surface area (Å²) in [6.07, 6.45) is 10.1. The van der Waals surface area contributed by atoms with Crippen LogP contribution in [0.5, 0.6) is 0 Å². The maximum absolute atomic E-state index is 11.7. The summed E-state index contributed by atoms with van der Waals surface area (Å²) >= 11 is 0. The second kappa shape index (κ2) is 12.0. The van der Waals surface area contributed by atoms with E-state index < -0.39 is 5.95 Å². The zero-order valence-electron chi connectivity index (χ0n) is 24.3. The van der Waals surface area contributed by atoms with Crippen LogP contribution in [0, 0.1) is 0 Å². The first-order valence-electron chi connectivity index (χ1n) is 13.4. The van der Waals surface area contributed by atoms with Crippen LogP contribution in [0.4, 0.5) is 5.69 Å². The van der Waals surface area contributed by atoms with Crippen molar-refractivity contribution in [1.82, 2.24) is 0 Å². The molecule has 4 aliphatic heterocycles. The van der Waals surface area contributed by atoms with E-state index in [1.807, 2.05) is 6.92 Å². The molecule has 0 aromatic heterocycles. The molecule has 0 spiro atoms. The second-order valence-corrected chi connectivity index (χ2v) is 9.83. The molecule has 8 heteroatoms. The normalized spacial score (nSPS) is 19.1. The Bertz CT molecular complexity index is 1740. The third-order valence-electron chi connectivity index (χ3n) is 7.64. The molecular weight excluding hydrogens is 509 g/mol. The minimum atomic E-state index is -1.02. The van der Waals surface area contributed by atoms with E-state index in [1.54, 1.807) is 30.6 Å². The van der Waals surface area contributed by atoms with Crippen LogP contribution >= 0.6 is 0 Å². The number of fused-ring (bicyclic) bond motifs is 4. The Kier molecular flexibility index (Phi) is 8.88. The summed E-state index contributed by atoms with van der Waals surface area (Å²) in [4.78, 5) is 24.3. The first-order chi connectivity index (χ1) is 18.7. The SMILES string of the molecule is CCC1=C(C)C2=NC1=CC1=NC(=CC3=NC(=CN=c4ccc(=C([O-])O)cc4N=C2)C(C)=C3CC)C(C)=C1CC.[Na+]. The van der Waals surface area contributed by atoms with Crippen LogP contribution in [0.1, 0.15) is 60.8 Å². The molecule has 40 heavy (non-hydrogen) atoms. The van der Waals surface area contributed by atoms with Crippen LogP contribution in [0.3, 0.4) is 0 Å². The maximum Gasteiger partial charge on any atom is 1.00 e. The van der Waals surface area contributed by atoms with Gasteiger partial charge in [0.1, 0.15) is 0 Å². The van der Waals surface area contributed by atoms with Crippen molar-refractivity contribution in [1.29, 1.82) is 0 Å². The molecule has 6 bridgehead atoms. The van der Waals surface area contributed by atoms with Gasteiger partial charge in [-0.2, -0.15) is 0 Å². The fraction of sp³-hybridized carbons (Fsp3) is 0.281. The molecule has 0 fully saturated rings. The predicted octanol–water partition coefficient (Wildman–Crippen LogP) is 2.16. The Morgan fingerprint density at radius 2 is 1.32 bits per heavy atom. The van der Waals surface area contributed by atoms with Crippen LogP contribution in [0.2, 0.25) is 0 Å². The first kappa shape index (κ1) is 29.6. The molecule has 5 rings (SSSR count). The smallest absolute Gasteiger partial charge is 0.629 e. The molecule has 0 amide bonds. The summed E-state index contributed by atoms with van der Waals surface area (Å²) < 4.78 is 0. The molecule has 198 valence electrons. The fourth-order valence-corrected chi connectivity index (χ4v) is 5.36. The van der Waals surface area contributed by atoms with Gasteiger partial charge in [-0.1, -0.05) is 26.8 Å². The molecule has 0 saturated heterocycles. The van der Waals surface area contributed by atoms with Crippen molar-refractivity contribution < 1.29 is 39.8 Å². The summed E-state index contributed by atoms with van der Waals surface area (Å²) in [7, 11) is 0. The first-order valence-corrected chi connectivity index (χ1v) is 13.4. The zero-order chi connectivity index (χ0) is 27.8. The third-order valence-corrected chi connectivity index (χ3v) is 7.64. The Labute approximate surface area is 257 Å². The Balaban J connectivity index is 0.00000370.